The molecule has 1 aromatic rings. The summed E-state index contributed by atoms with van der Waals surface area (Å²) in [5.41, 5.74) is 5.32. The Morgan fingerprint density at radius 2 is 2.15 bits per heavy atom. The van der Waals surface area contributed by atoms with Gasteiger partial charge >= 0.3 is 0 Å². The number of halogens is 1. The van der Waals surface area contributed by atoms with Crippen LogP contribution in [0, 0.1) is 12.8 Å². The lowest BCUT2D eigenvalue weighted by Crippen LogP contribution is -2.48. The summed E-state index contributed by atoms with van der Waals surface area (Å²) in [6, 6.07) is 1.50. The van der Waals surface area contributed by atoms with Gasteiger partial charge in [-0.2, -0.15) is 4.31 Å². The first-order chi connectivity index (χ1) is 9.23. The van der Waals surface area contributed by atoms with Crippen molar-refractivity contribution < 1.29 is 13.2 Å². The summed E-state index contributed by atoms with van der Waals surface area (Å²) < 4.78 is 27.7. The molecule has 2 heterocycles. The molecule has 0 bridgehead atoms. The Bertz CT molecular complexity index is 627. The number of hydrogen-bond donors (Lipinski definition) is 1. The normalized spacial score (nSPS) is 24.8. The van der Waals surface area contributed by atoms with Crippen molar-refractivity contribution in [2.45, 2.75) is 37.6 Å². The second kappa shape index (κ2) is 5.75. The fourth-order valence-corrected chi connectivity index (χ4v) is 6.55. The van der Waals surface area contributed by atoms with Crippen LogP contribution in [0.25, 0.3) is 0 Å². The van der Waals surface area contributed by atoms with Gasteiger partial charge in [0.1, 0.15) is 0 Å². The van der Waals surface area contributed by atoms with Crippen LogP contribution >= 0.6 is 27.3 Å². The molecule has 20 heavy (non-hydrogen) atoms. The van der Waals surface area contributed by atoms with E-state index in [1.54, 1.807) is 13.0 Å². The lowest BCUT2D eigenvalue weighted by Gasteiger charge is -2.35. The Morgan fingerprint density at radius 1 is 1.50 bits per heavy atom. The van der Waals surface area contributed by atoms with Gasteiger partial charge in [-0.25, -0.2) is 8.42 Å². The number of nitrogens with two attached hydrogens (primary N) is 1. The fraction of sp³-hybridized carbons (Fsp3) is 0.583. The third kappa shape index (κ3) is 2.93. The molecule has 8 heteroatoms. The lowest BCUT2D eigenvalue weighted by atomic mass is 9.95. The van der Waals surface area contributed by atoms with Crippen LogP contribution in [0.5, 0.6) is 0 Å². The Balaban J connectivity index is 2.37. The van der Waals surface area contributed by atoms with E-state index in [4.69, 9.17) is 5.73 Å². The zero-order valence-electron chi connectivity index (χ0n) is 11.3. The number of nitrogens with zero attached hydrogens (tertiary/aromatic N) is 1. The number of carbonyl (C=O) groups is 1. The van der Waals surface area contributed by atoms with Gasteiger partial charge in [0.05, 0.1) is 14.6 Å². The summed E-state index contributed by atoms with van der Waals surface area (Å²) in [5.74, 6) is -0.830. The topological polar surface area (TPSA) is 80.5 Å². The maximum Gasteiger partial charge on any atom is 0.244 e. The van der Waals surface area contributed by atoms with E-state index in [2.05, 4.69) is 15.9 Å². The van der Waals surface area contributed by atoms with E-state index in [1.165, 1.54) is 15.6 Å². The van der Waals surface area contributed by atoms with Crippen molar-refractivity contribution in [1.29, 1.82) is 0 Å². The summed E-state index contributed by atoms with van der Waals surface area (Å²) >= 11 is 4.70. The molecule has 1 amide bonds. The summed E-state index contributed by atoms with van der Waals surface area (Å²) in [6.45, 7) is 3.82. The maximum absolute atomic E-state index is 12.8. The van der Waals surface area contributed by atoms with Gasteiger partial charge in [0.15, 0.2) is 0 Å². The Labute approximate surface area is 131 Å². The minimum absolute atomic E-state index is 0.117. The highest BCUT2D eigenvalue weighted by molar-refractivity contribution is 9.11. The molecular formula is C12H17BrN2O3S2. The van der Waals surface area contributed by atoms with E-state index in [0.717, 1.165) is 8.66 Å². The number of primary amides is 1. The number of rotatable bonds is 3. The van der Waals surface area contributed by atoms with Crippen LogP contribution in [0.1, 0.15) is 24.6 Å². The highest BCUT2D eigenvalue weighted by atomic mass is 79.9. The van der Waals surface area contributed by atoms with Crippen LogP contribution in [0.4, 0.5) is 0 Å². The summed E-state index contributed by atoms with van der Waals surface area (Å²) in [7, 11) is -3.58. The highest BCUT2D eigenvalue weighted by Gasteiger charge is 2.37. The second-order valence-electron chi connectivity index (χ2n) is 5.07. The van der Waals surface area contributed by atoms with Crippen LogP contribution in [-0.2, 0) is 14.8 Å². The van der Waals surface area contributed by atoms with Crippen LogP contribution in [0.2, 0.25) is 0 Å². The number of aryl methyl sites for hydroxylation is 1. The van der Waals surface area contributed by atoms with Crippen molar-refractivity contribution in [2.75, 3.05) is 6.54 Å². The minimum atomic E-state index is -3.58. The molecule has 1 aromatic heterocycles. The molecule has 112 valence electrons. The van der Waals surface area contributed by atoms with E-state index >= 15 is 0 Å². The van der Waals surface area contributed by atoms with Gasteiger partial charge in [0, 0.05) is 17.5 Å². The molecule has 0 radical (unpaired) electrons. The van der Waals surface area contributed by atoms with E-state index in [0.29, 0.717) is 17.7 Å². The Hall–Kier alpha value is -0.440. The first-order valence-corrected chi connectivity index (χ1v) is 9.35. The molecule has 1 aliphatic heterocycles. The summed E-state index contributed by atoms with van der Waals surface area (Å²) in [6.07, 6.45) is 1.30. The van der Waals surface area contributed by atoms with Crippen molar-refractivity contribution in [3.8, 4) is 0 Å². The molecule has 2 rings (SSSR count). The third-order valence-electron chi connectivity index (χ3n) is 3.66. The van der Waals surface area contributed by atoms with E-state index < -0.39 is 21.8 Å². The van der Waals surface area contributed by atoms with Crippen molar-refractivity contribution >= 4 is 43.2 Å². The SMILES string of the molecule is Cc1sc(Br)cc1S(=O)(=O)N1CC(C(N)=O)CCC1C. The number of piperidine rings is 1. The van der Waals surface area contributed by atoms with Gasteiger partial charge in [-0.3, -0.25) is 4.79 Å². The molecule has 1 aliphatic rings. The quantitative estimate of drug-likeness (QED) is 0.871. The molecule has 1 saturated heterocycles. The molecule has 2 unspecified atom stereocenters. The van der Waals surface area contributed by atoms with Gasteiger partial charge in [-0.1, -0.05) is 0 Å². The standard InChI is InChI=1S/C12H17BrN2O3S2/c1-7-3-4-9(12(14)16)6-15(7)20(17,18)10-5-11(13)19-8(10)2/h5,7,9H,3-4,6H2,1-2H3,(H2,14,16). The van der Waals surface area contributed by atoms with Gasteiger partial charge < -0.3 is 5.73 Å². The number of hydrogen-bond acceptors (Lipinski definition) is 4. The predicted molar refractivity (Wildman–Crippen MR) is 82.0 cm³/mol. The predicted octanol–water partition coefficient (Wildman–Crippen LogP) is 2.09. The van der Waals surface area contributed by atoms with E-state index in [9.17, 15) is 13.2 Å². The Morgan fingerprint density at radius 3 is 2.65 bits per heavy atom. The molecule has 0 saturated carbocycles. The van der Waals surface area contributed by atoms with Crippen molar-refractivity contribution in [3.05, 3.63) is 14.7 Å². The number of thiophene rings is 1. The number of sulfonamides is 1. The van der Waals surface area contributed by atoms with Crippen molar-refractivity contribution in [2.24, 2.45) is 11.7 Å². The van der Waals surface area contributed by atoms with Crippen molar-refractivity contribution in [1.82, 2.24) is 4.31 Å². The molecule has 1 fully saturated rings. The first kappa shape index (κ1) is 15.9. The van der Waals surface area contributed by atoms with E-state index in [1.807, 2.05) is 6.92 Å². The molecule has 2 N–H and O–H groups in total. The highest BCUT2D eigenvalue weighted by Crippen LogP contribution is 2.34. The zero-order chi connectivity index (χ0) is 15.1. The molecule has 0 aromatic carbocycles. The maximum atomic E-state index is 12.8. The fourth-order valence-electron chi connectivity index (χ4n) is 2.46. The van der Waals surface area contributed by atoms with Crippen LogP contribution in [-0.4, -0.2) is 31.2 Å². The van der Waals surface area contributed by atoms with Gasteiger partial charge in [-0.05, 0) is 48.7 Å². The Kier molecular flexibility index (Phi) is 4.58. The average molecular weight is 381 g/mol. The van der Waals surface area contributed by atoms with E-state index in [-0.39, 0.29) is 12.6 Å². The largest absolute Gasteiger partial charge is 0.369 e. The average Bonchev–Trinajstić information content (AvgIpc) is 2.69. The molecule has 0 spiro atoms. The molecular weight excluding hydrogens is 364 g/mol. The summed E-state index contributed by atoms with van der Waals surface area (Å²) in [5, 5.41) is 0. The minimum Gasteiger partial charge on any atom is -0.369 e. The summed E-state index contributed by atoms with van der Waals surface area (Å²) in [4.78, 5) is 12.4. The monoisotopic (exact) mass is 380 g/mol. The van der Waals surface area contributed by atoms with Crippen LogP contribution in [0.15, 0.2) is 14.7 Å². The molecule has 0 aliphatic carbocycles. The van der Waals surface area contributed by atoms with Crippen LogP contribution < -0.4 is 5.73 Å². The smallest absolute Gasteiger partial charge is 0.244 e. The number of amides is 1. The van der Waals surface area contributed by atoms with Crippen LogP contribution in [0.3, 0.4) is 0 Å². The molecule has 5 nitrogen and oxygen atoms in total. The second-order valence-corrected chi connectivity index (χ2v) is 9.57. The molecule has 2 atom stereocenters. The van der Waals surface area contributed by atoms with Gasteiger partial charge in [-0.15, -0.1) is 11.3 Å². The zero-order valence-corrected chi connectivity index (χ0v) is 14.5. The lowest BCUT2D eigenvalue weighted by molar-refractivity contribution is -0.123. The van der Waals surface area contributed by atoms with Gasteiger partial charge in [0.2, 0.25) is 15.9 Å². The number of carbonyl (C=O) groups excluding carboxylic acids is 1. The first-order valence-electron chi connectivity index (χ1n) is 6.30. The third-order valence-corrected chi connectivity index (χ3v) is 7.44. The van der Waals surface area contributed by atoms with Crippen molar-refractivity contribution in [3.63, 3.8) is 0 Å². The van der Waals surface area contributed by atoms with Gasteiger partial charge in [0.25, 0.3) is 0 Å².